The van der Waals surface area contributed by atoms with Gasteiger partial charge >= 0.3 is 6.03 Å². The molecular formula is C24H27N3O4. The number of nitrogens with zero attached hydrogens (tertiary/aromatic N) is 2. The van der Waals surface area contributed by atoms with Crippen LogP contribution in [0.25, 0.3) is 0 Å². The number of fused-ring (bicyclic) bond motifs is 1. The van der Waals surface area contributed by atoms with Gasteiger partial charge in [0.15, 0.2) is 0 Å². The summed E-state index contributed by atoms with van der Waals surface area (Å²) < 4.78 is 5.31. The summed E-state index contributed by atoms with van der Waals surface area (Å²) in [6.45, 7) is 5.42. The molecule has 7 heteroatoms. The van der Waals surface area contributed by atoms with Crippen molar-refractivity contribution in [2.75, 3.05) is 18.6 Å². The first kappa shape index (κ1) is 20.9. The van der Waals surface area contributed by atoms with Gasteiger partial charge in [0.05, 0.1) is 7.11 Å². The lowest BCUT2D eigenvalue weighted by atomic mass is 9.86. The van der Waals surface area contributed by atoms with Crippen LogP contribution in [-0.4, -0.2) is 42.4 Å². The van der Waals surface area contributed by atoms with Gasteiger partial charge in [-0.3, -0.25) is 14.5 Å². The number of nitrogens with one attached hydrogen (secondary N) is 1. The van der Waals surface area contributed by atoms with Gasteiger partial charge < -0.3 is 15.0 Å². The zero-order valence-electron chi connectivity index (χ0n) is 18.3. The smallest absolute Gasteiger partial charge is 0.325 e. The van der Waals surface area contributed by atoms with E-state index in [1.165, 1.54) is 0 Å². The summed E-state index contributed by atoms with van der Waals surface area (Å²) >= 11 is 0. The van der Waals surface area contributed by atoms with Gasteiger partial charge in [-0.2, -0.15) is 0 Å². The van der Waals surface area contributed by atoms with E-state index in [1.54, 1.807) is 24.1 Å². The standard InChI is InChI=1S/C24H27N3O4/c1-5-24(18-10-11-20(31-4)15(2)12-18)22(29)26(23(30)25-24)14-21(28)27-16(3)13-17-8-6-7-9-19(17)27/h6-12,16H,5,13-14H2,1-4H3,(H,25,30). The fraction of sp³-hybridized carbons (Fsp3) is 0.375. The molecule has 1 fully saturated rings. The normalized spacial score (nSPS) is 22.5. The van der Waals surface area contributed by atoms with Crippen LogP contribution in [0.3, 0.4) is 0 Å². The topological polar surface area (TPSA) is 79.0 Å². The minimum atomic E-state index is -1.19. The Balaban J connectivity index is 1.61. The molecule has 31 heavy (non-hydrogen) atoms. The molecule has 2 unspecified atom stereocenters. The van der Waals surface area contributed by atoms with Gasteiger partial charge in [-0.15, -0.1) is 0 Å². The Morgan fingerprint density at radius 2 is 1.97 bits per heavy atom. The minimum absolute atomic E-state index is 0.0224. The third-order valence-electron chi connectivity index (χ3n) is 6.36. The Kier molecular flexibility index (Phi) is 5.21. The van der Waals surface area contributed by atoms with E-state index in [-0.39, 0.29) is 18.5 Å². The van der Waals surface area contributed by atoms with Crippen molar-refractivity contribution in [3.05, 3.63) is 59.2 Å². The van der Waals surface area contributed by atoms with E-state index in [4.69, 9.17) is 4.74 Å². The van der Waals surface area contributed by atoms with Gasteiger partial charge in [0.25, 0.3) is 5.91 Å². The molecule has 2 atom stereocenters. The Bertz CT molecular complexity index is 1070. The van der Waals surface area contributed by atoms with Gasteiger partial charge in [0.1, 0.15) is 17.8 Å². The van der Waals surface area contributed by atoms with Gasteiger partial charge in [-0.1, -0.05) is 31.2 Å². The number of urea groups is 1. The molecule has 0 radical (unpaired) electrons. The number of carbonyl (C=O) groups excluding carboxylic acids is 3. The molecule has 0 spiro atoms. The molecule has 0 saturated carbocycles. The number of methoxy groups -OCH3 is 1. The van der Waals surface area contributed by atoms with E-state index in [1.807, 2.05) is 51.1 Å². The maximum Gasteiger partial charge on any atom is 0.325 e. The highest BCUT2D eigenvalue weighted by molar-refractivity contribution is 6.11. The number of ether oxygens (including phenoxy) is 1. The van der Waals surface area contributed by atoms with Crippen LogP contribution in [0.2, 0.25) is 0 Å². The van der Waals surface area contributed by atoms with E-state index >= 15 is 0 Å². The number of aryl methyl sites for hydroxylation is 1. The molecule has 7 nitrogen and oxygen atoms in total. The second-order valence-corrected chi connectivity index (χ2v) is 8.21. The number of anilines is 1. The second kappa shape index (κ2) is 7.72. The van der Waals surface area contributed by atoms with Crippen LogP contribution in [0.1, 0.15) is 37.0 Å². The predicted molar refractivity (Wildman–Crippen MR) is 117 cm³/mol. The molecular weight excluding hydrogens is 394 g/mol. The van der Waals surface area contributed by atoms with Crippen molar-refractivity contribution < 1.29 is 19.1 Å². The highest BCUT2D eigenvalue weighted by Gasteiger charge is 2.52. The van der Waals surface area contributed by atoms with Gasteiger partial charge in [0.2, 0.25) is 5.91 Å². The fourth-order valence-corrected chi connectivity index (χ4v) is 4.71. The molecule has 4 amide bonds. The maximum absolute atomic E-state index is 13.5. The van der Waals surface area contributed by atoms with Crippen molar-refractivity contribution in [2.24, 2.45) is 0 Å². The zero-order valence-corrected chi connectivity index (χ0v) is 18.3. The Morgan fingerprint density at radius 3 is 2.65 bits per heavy atom. The summed E-state index contributed by atoms with van der Waals surface area (Å²) in [6.07, 6.45) is 1.13. The molecule has 0 aliphatic carbocycles. The van der Waals surface area contributed by atoms with Crippen LogP contribution in [0.4, 0.5) is 10.5 Å². The average Bonchev–Trinajstić information content (AvgIpc) is 3.22. The van der Waals surface area contributed by atoms with Crippen molar-refractivity contribution in [3.63, 3.8) is 0 Å². The summed E-state index contributed by atoms with van der Waals surface area (Å²) in [7, 11) is 1.59. The Labute approximate surface area is 182 Å². The zero-order chi connectivity index (χ0) is 22.3. The lowest BCUT2D eigenvalue weighted by molar-refractivity contribution is -0.134. The number of hydrogen-bond acceptors (Lipinski definition) is 4. The molecule has 2 aliphatic heterocycles. The Hall–Kier alpha value is -3.35. The fourth-order valence-electron chi connectivity index (χ4n) is 4.71. The van der Waals surface area contributed by atoms with E-state index in [0.717, 1.165) is 28.1 Å². The SMILES string of the molecule is CCC1(c2ccc(OC)c(C)c2)NC(=O)N(CC(=O)N2c3ccccc3CC2C)C1=O. The largest absolute Gasteiger partial charge is 0.496 e. The number of hydrogen-bond donors (Lipinski definition) is 1. The summed E-state index contributed by atoms with van der Waals surface area (Å²) in [5.41, 5.74) is 2.30. The van der Waals surface area contributed by atoms with Gasteiger partial charge in [-0.25, -0.2) is 4.79 Å². The third kappa shape index (κ3) is 3.24. The molecule has 2 aliphatic rings. The highest BCUT2D eigenvalue weighted by Crippen LogP contribution is 2.36. The van der Waals surface area contributed by atoms with Crippen LogP contribution < -0.4 is 15.0 Å². The van der Waals surface area contributed by atoms with Crippen LogP contribution in [0.15, 0.2) is 42.5 Å². The lowest BCUT2D eigenvalue weighted by Gasteiger charge is -2.27. The van der Waals surface area contributed by atoms with Crippen LogP contribution in [-0.2, 0) is 21.5 Å². The molecule has 2 aromatic rings. The molecule has 1 N–H and O–H groups in total. The average molecular weight is 421 g/mol. The lowest BCUT2D eigenvalue weighted by Crippen LogP contribution is -2.46. The number of amides is 4. The first-order valence-corrected chi connectivity index (χ1v) is 10.5. The van der Waals surface area contributed by atoms with Gasteiger partial charge in [-0.05, 0) is 61.6 Å². The van der Waals surface area contributed by atoms with E-state index < -0.39 is 17.5 Å². The highest BCUT2D eigenvalue weighted by atomic mass is 16.5. The molecule has 162 valence electrons. The van der Waals surface area contributed by atoms with Crippen molar-refractivity contribution in [3.8, 4) is 5.75 Å². The van der Waals surface area contributed by atoms with Crippen molar-refractivity contribution in [1.82, 2.24) is 10.2 Å². The number of rotatable bonds is 5. The van der Waals surface area contributed by atoms with E-state index in [9.17, 15) is 14.4 Å². The molecule has 1 saturated heterocycles. The quantitative estimate of drug-likeness (QED) is 0.753. The van der Waals surface area contributed by atoms with Crippen LogP contribution in [0.5, 0.6) is 5.75 Å². The van der Waals surface area contributed by atoms with Crippen molar-refractivity contribution >= 4 is 23.5 Å². The van der Waals surface area contributed by atoms with Crippen molar-refractivity contribution in [2.45, 2.75) is 45.2 Å². The number of imide groups is 1. The first-order valence-electron chi connectivity index (χ1n) is 10.5. The van der Waals surface area contributed by atoms with E-state index in [0.29, 0.717) is 17.7 Å². The summed E-state index contributed by atoms with van der Waals surface area (Å²) in [6, 6.07) is 12.6. The second-order valence-electron chi connectivity index (χ2n) is 8.21. The van der Waals surface area contributed by atoms with E-state index in [2.05, 4.69) is 5.32 Å². The Morgan fingerprint density at radius 1 is 1.23 bits per heavy atom. The molecule has 2 heterocycles. The summed E-state index contributed by atoms with van der Waals surface area (Å²) in [4.78, 5) is 42.2. The maximum atomic E-state index is 13.5. The number of carbonyl (C=O) groups is 3. The molecule has 2 aromatic carbocycles. The van der Waals surface area contributed by atoms with Crippen molar-refractivity contribution in [1.29, 1.82) is 0 Å². The monoisotopic (exact) mass is 421 g/mol. The minimum Gasteiger partial charge on any atom is -0.496 e. The van der Waals surface area contributed by atoms with Gasteiger partial charge in [0, 0.05) is 11.7 Å². The third-order valence-corrected chi connectivity index (χ3v) is 6.36. The molecule has 0 bridgehead atoms. The summed E-state index contributed by atoms with van der Waals surface area (Å²) in [5.74, 6) is 0.0392. The number of benzene rings is 2. The number of para-hydroxylation sites is 1. The molecule has 4 rings (SSSR count). The van der Waals surface area contributed by atoms with Crippen LogP contribution >= 0.6 is 0 Å². The summed E-state index contributed by atoms with van der Waals surface area (Å²) in [5, 5.41) is 2.85. The molecule has 0 aromatic heterocycles. The predicted octanol–water partition coefficient (Wildman–Crippen LogP) is 3.14. The van der Waals surface area contributed by atoms with Crippen LogP contribution in [0, 0.1) is 6.92 Å². The first-order chi connectivity index (χ1) is 14.8.